The fourth-order valence-corrected chi connectivity index (χ4v) is 10.1. The number of hydrogen-bond donors (Lipinski definition) is 0. The molecule has 0 fully saturated rings. The highest BCUT2D eigenvalue weighted by Gasteiger charge is 2.46. The SMILES string of the molecule is c1ccc(-c2ccc(N(c3ccc4c(c3)C(c3ccccc3)(c3ccccc3)c3ccccc3-4)c3cccc4c3oc3c(-c5ccccc5)c5ccccc5cc34)cc2)cc1. The number of nitrogens with zero attached hydrogens (tertiary/aromatic N) is 1. The molecule has 1 heterocycles. The Hall–Kier alpha value is -7.94. The molecule has 0 aliphatic heterocycles. The summed E-state index contributed by atoms with van der Waals surface area (Å²) in [5.41, 5.74) is 16.4. The van der Waals surface area contributed by atoms with Gasteiger partial charge in [0.2, 0.25) is 0 Å². The Labute approximate surface area is 355 Å². The van der Waals surface area contributed by atoms with Crippen LogP contribution in [-0.2, 0) is 5.41 Å². The lowest BCUT2D eigenvalue weighted by Crippen LogP contribution is -2.28. The molecule has 1 aliphatic carbocycles. The molecule has 0 atom stereocenters. The molecule has 1 aromatic heterocycles. The average molecular weight is 778 g/mol. The maximum atomic E-state index is 7.28. The van der Waals surface area contributed by atoms with Gasteiger partial charge in [0, 0.05) is 27.7 Å². The van der Waals surface area contributed by atoms with Crippen molar-refractivity contribution in [3.05, 3.63) is 259 Å². The zero-order valence-corrected chi connectivity index (χ0v) is 33.4. The summed E-state index contributed by atoms with van der Waals surface area (Å²) in [5.74, 6) is 0. The topological polar surface area (TPSA) is 16.4 Å². The minimum absolute atomic E-state index is 0.538. The van der Waals surface area contributed by atoms with Crippen LogP contribution in [0.15, 0.2) is 241 Å². The van der Waals surface area contributed by atoms with Crippen LogP contribution in [-0.4, -0.2) is 0 Å². The summed E-state index contributed by atoms with van der Waals surface area (Å²) in [7, 11) is 0. The zero-order chi connectivity index (χ0) is 40.3. The second-order valence-corrected chi connectivity index (χ2v) is 16.0. The standard InChI is InChI=1S/C59H39NO/c1-5-18-40(19-6-1)41-32-34-46(35-33-41)60(55-31-17-29-51-52-38-43-22-13-14-27-48(43)56(58(52)61-57(51)55)42-20-7-2-8-21-42)47-36-37-50-49-28-15-16-30-53(49)59(54(50)39-47,44-23-9-3-10-24-44)45-25-11-4-12-26-45/h1-39H. The number of furan rings is 1. The smallest absolute Gasteiger partial charge is 0.159 e. The van der Waals surface area contributed by atoms with Gasteiger partial charge in [0.25, 0.3) is 0 Å². The second-order valence-electron chi connectivity index (χ2n) is 16.0. The van der Waals surface area contributed by atoms with E-state index in [4.69, 9.17) is 4.42 Å². The van der Waals surface area contributed by atoms with Gasteiger partial charge in [-0.3, -0.25) is 0 Å². The van der Waals surface area contributed by atoms with E-state index in [-0.39, 0.29) is 0 Å². The summed E-state index contributed by atoms with van der Waals surface area (Å²) in [5, 5.41) is 4.54. The van der Waals surface area contributed by atoms with Crippen molar-refractivity contribution in [1.29, 1.82) is 0 Å². The van der Waals surface area contributed by atoms with Crippen LogP contribution in [0.2, 0.25) is 0 Å². The van der Waals surface area contributed by atoms with Crippen LogP contribution >= 0.6 is 0 Å². The summed E-state index contributed by atoms with van der Waals surface area (Å²) < 4.78 is 7.28. The third-order valence-electron chi connectivity index (χ3n) is 12.7. The normalized spacial score (nSPS) is 12.7. The first kappa shape index (κ1) is 35.0. The molecule has 0 saturated carbocycles. The minimum Gasteiger partial charge on any atom is -0.453 e. The lowest BCUT2D eigenvalue weighted by molar-refractivity contribution is 0.670. The summed E-state index contributed by atoms with van der Waals surface area (Å²) in [6.07, 6.45) is 0. The second kappa shape index (κ2) is 14.1. The number of benzene rings is 10. The molecule has 0 unspecified atom stereocenters. The molecule has 0 spiro atoms. The molecule has 0 N–H and O–H groups in total. The van der Waals surface area contributed by atoms with Gasteiger partial charge in [0.05, 0.1) is 11.1 Å². The van der Waals surface area contributed by atoms with E-state index < -0.39 is 5.41 Å². The Balaban J connectivity index is 1.14. The van der Waals surface area contributed by atoms with Gasteiger partial charge in [-0.25, -0.2) is 0 Å². The summed E-state index contributed by atoms with van der Waals surface area (Å²) >= 11 is 0. The van der Waals surface area contributed by atoms with Crippen molar-refractivity contribution < 1.29 is 4.42 Å². The van der Waals surface area contributed by atoms with Gasteiger partial charge in [-0.1, -0.05) is 200 Å². The van der Waals surface area contributed by atoms with Crippen LogP contribution in [0.3, 0.4) is 0 Å². The van der Waals surface area contributed by atoms with Gasteiger partial charge in [-0.15, -0.1) is 0 Å². The predicted octanol–water partition coefficient (Wildman–Crippen LogP) is 15.9. The van der Waals surface area contributed by atoms with E-state index in [2.05, 4.69) is 241 Å². The highest BCUT2D eigenvalue weighted by Crippen LogP contribution is 2.57. The van der Waals surface area contributed by atoms with E-state index in [1.807, 2.05) is 0 Å². The maximum absolute atomic E-state index is 7.28. The summed E-state index contributed by atoms with van der Waals surface area (Å²) in [4.78, 5) is 2.39. The minimum atomic E-state index is -0.538. The molecule has 1 aliphatic rings. The van der Waals surface area contributed by atoms with Gasteiger partial charge >= 0.3 is 0 Å². The Kier molecular flexibility index (Phi) is 8.11. The van der Waals surface area contributed by atoms with E-state index in [9.17, 15) is 0 Å². The predicted molar refractivity (Wildman–Crippen MR) is 254 cm³/mol. The van der Waals surface area contributed by atoms with E-state index in [0.717, 1.165) is 50.1 Å². The molecular formula is C59H39NO. The van der Waals surface area contributed by atoms with Gasteiger partial charge < -0.3 is 9.32 Å². The number of rotatable bonds is 7. The lowest BCUT2D eigenvalue weighted by atomic mass is 9.67. The average Bonchev–Trinajstić information content (AvgIpc) is 3.86. The molecule has 0 bridgehead atoms. The molecule has 10 aromatic carbocycles. The van der Waals surface area contributed by atoms with Crippen LogP contribution in [0.4, 0.5) is 17.1 Å². The Morgan fingerprint density at radius 1 is 0.344 bits per heavy atom. The van der Waals surface area contributed by atoms with Crippen molar-refractivity contribution in [1.82, 2.24) is 0 Å². The number of hydrogen-bond acceptors (Lipinski definition) is 2. The van der Waals surface area contributed by atoms with Gasteiger partial charge in [-0.05, 0) is 97.2 Å². The molecule has 2 heteroatoms. The van der Waals surface area contributed by atoms with Crippen LogP contribution in [0.25, 0.3) is 66.1 Å². The third kappa shape index (κ3) is 5.43. The van der Waals surface area contributed by atoms with E-state index in [1.165, 1.54) is 55.3 Å². The van der Waals surface area contributed by atoms with Crippen molar-refractivity contribution in [2.45, 2.75) is 5.41 Å². The third-order valence-corrected chi connectivity index (χ3v) is 12.7. The molecule has 61 heavy (non-hydrogen) atoms. The Morgan fingerprint density at radius 3 is 1.62 bits per heavy atom. The lowest BCUT2D eigenvalue weighted by Gasteiger charge is -2.35. The van der Waals surface area contributed by atoms with Crippen LogP contribution in [0, 0.1) is 0 Å². The first-order valence-corrected chi connectivity index (χ1v) is 21.0. The Bertz CT molecular complexity index is 3350. The van der Waals surface area contributed by atoms with Crippen LogP contribution < -0.4 is 4.90 Å². The van der Waals surface area contributed by atoms with E-state index in [1.54, 1.807) is 0 Å². The fraction of sp³-hybridized carbons (Fsp3) is 0.0169. The number of anilines is 3. The van der Waals surface area contributed by atoms with Gasteiger partial charge in [-0.2, -0.15) is 0 Å². The van der Waals surface area contributed by atoms with Gasteiger partial charge in [0.1, 0.15) is 5.58 Å². The first-order valence-electron chi connectivity index (χ1n) is 21.0. The van der Waals surface area contributed by atoms with Crippen molar-refractivity contribution in [2.75, 3.05) is 4.90 Å². The van der Waals surface area contributed by atoms with Crippen molar-refractivity contribution in [3.8, 4) is 33.4 Å². The summed E-state index contributed by atoms with van der Waals surface area (Å²) in [6, 6.07) is 85.8. The molecule has 0 amide bonds. The largest absolute Gasteiger partial charge is 0.453 e. The molecule has 2 nitrogen and oxygen atoms in total. The quantitative estimate of drug-likeness (QED) is 0.160. The fourth-order valence-electron chi connectivity index (χ4n) is 10.1. The molecule has 0 saturated heterocycles. The van der Waals surface area contributed by atoms with E-state index >= 15 is 0 Å². The highest BCUT2D eigenvalue weighted by atomic mass is 16.3. The molecule has 286 valence electrons. The number of para-hydroxylation sites is 1. The van der Waals surface area contributed by atoms with Gasteiger partial charge in [0.15, 0.2) is 5.58 Å². The first-order chi connectivity index (χ1) is 30.3. The van der Waals surface area contributed by atoms with E-state index in [0.29, 0.717) is 0 Å². The van der Waals surface area contributed by atoms with Crippen LogP contribution in [0.1, 0.15) is 22.3 Å². The monoisotopic (exact) mass is 777 g/mol. The highest BCUT2D eigenvalue weighted by molar-refractivity contribution is 6.20. The van der Waals surface area contributed by atoms with Crippen molar-refractivity contribution in [3.63, 3.8) is 0 Å². The van der Waals surface area contributed by atoms with Crippen molar-refractivity contribution in [2.24, 2.45) is 0 Å². The molecular weight excluding hydrogens is 739 g/mol. The Morgan fingerprint density at radius 2 is 0.902 bits per heavy atom. The maximum Gasteiger partial charge on any atom is 0.159 e. The molecule has 11 aromatic rings. The molecule has 0 radical (unpaired) electrons. The zero-order valence-electron chi connectivity index (χ0n) is 33.4. The summed E-state index contributed by atoms with van der Waals surface area (Å²) in [6.45, 7) is 0. The molecule has 12 rings (SSSR count). The van der Waals surface area contributed by atoms with Crippen LogP contribution in [0.5, 0.6) is 0 Å². The van der Waals surface area contributed by atoms with Crippen molar-refractivity contribution >= 4 is 49.8 Å². The number of fused-ring (bicyclic) bond motifs is 7.